The Balaban J connectivity index is 1.78. The van der Waals surface area contributed by atoms with Gasteiger partial charge in [0.25, 0.3) is 0 Å². The standard InChI is InChI=1S/C12H15NO3S/c1-7(5-8-3-2-4-17-8)13-11(14)9-6-10(9)12(15)16/h2-4,7,9-10H,5-6H2,1H3,(H,13,14)(H,15,16)/t7-,9+,10-/m1/s1. The van der Waals surface area contributed by atoms with E-state index < -0.39 is 11.9 Å². The lowest BCUT2D eigenvalue weighted by Gasteiger charge is -2.12. The summed E-state index contributed by atoms with van der Waals surface area (Å²) in [5, 5.41) is 13.6. The second-order valence-electron chi connectivity index (χ2n) is 4.48. The summed E-state index contributed by atoms with van der Waals surface area (Å²) in [4.78, 5) is 23.6. The van der Waals surface area contributed by atoms with Gasteiger partial charge >= 0.3 is 5.97 Å². The minimum absolute atomic E-state index is 0.0520. The van der Waals surface area contributed by atoms with Crippen LogP contribution in [0.3, 0.4) is 0 Å². The molecule has 0 aliphatic heterocycles. The second-order valence-corrected chi connectivity index (χ2v) is 5.51. The Hall–Kier alpha value is -1.36. The quantitative estimate of drug-likeness (QED) is 0.836. The van der Waals surface area contributed by atoms with E-state index in [1.165, 1.54) is 4.88 Å². The number of carboxylic acid groups (broad SMARTS) is 1. The molecule has 0 unspecified atom stereocenters. The van der Waals surface area contributed by atoms with Crippen LogP contribution in [0.2, 0.25) is 0 Å². The Kier molecular flexibility index (Phi) is 3.47. The van der Waals surface area contributed by atoms with Gasteiger partial charge in [-0.25, -0.2) is 0 Å². The third-order valence-corrected chi connectivity index (χ3v) is 3.82. The third-order valence-electron chi connectivity index (χ3n) is 2.92. The summed E-state index contributed by atoms with van der Waals surface area (Å²) in [5.74, 6) is -1.78. The summed E-state index contributed by atoms with van der Waals surface area (Å²) in [6, 6.07) is 4.07. The van der Waals surface area contributed by atoms with Crippen molar-refractivity contribution in [3.8, 4) is 0 Å². The van der Waals surface area contributed by atoms with Crippen LogP contribution in [-0.4, -0.2) is 23.0 Å². The van der Waals surface area contributed by atoms with E-state index in [9.17, 15) is 9.59 Å². The van der Waals surface area contributed by atoms with Crippen LogP contribution < -0.4 is 5.32 Å². The molecule has 1 heterocycles. The monoisotopic (exact) mass is 253 g/mol. The first kappa shape index (κ1) is 12.1. The highest BCUT2D eigenvalue weighted by molar-refractivity contribution is 7.09. The first-order valence-corrected chi connectivity index (χ1v) is 6.51. The van der Waals surface area contributed by atoms with Crippen LogP contribution in [0, 0.1) is 11.8 Å². The number of thiophene rings is 1. The molecule has 0 saturated heterocycles. The van der Waals surface area contributed by atoms with E-state index in [4.69, 9.17) is 5.11 Å². The normalized spacial score (nSPS) is 24.1. The molecule has 3 atom stereocenters. The fraction of sp³-hybridized carbons (Fsp3) is 0.500. The smallest absolute Gasteiger partial charge is 0.307 e. The molecule has 1 aromatic rings. The minimum atomic E-state index is -0.865. The molecular weight excluding hydrogens is 238 g/mol. The van der Waals surface area contributed by atoms with Crippen molar-refractivity contribution in [2.75, 3.05) is 0 Å². The van der Waals surface area contributed by atoms with Crippen molar-refractivity contribution < 1.29 is 14.7 Å². The molecule has 2 rings (SSSR count). The number of hydrogen-bond acceptors (Lipinski definition) is 3. The highest BCUT2D eigenvalue weighted by Crippen LogP contribution is 2.38. The lowest BCUT2D eigenvalue weighted by Crippen LogP contribution is -2.35. The van der Waals surface area contributed by atoms with Crippen molar-refractivity contribution in [1.82, 2.24) is 5.32 Å². The van der Waals surface area contributed by atoms with Gasteiger partial charge in [-0.2, -0.15) is 0 Å². The average Bonchev–Trinajstić information content (AvgIpc) is 2.92. The van der Waals surface area contributed by atoms with Gasteiger partial charge in [0.15, 0.2) is 0 Å². The van der Waals surface area contributed by atoms with Crippen molar-refractivity contribution in [1.29, 1.82) is 0 Å². The fourth-order valence-electron chi connectivity index (χ4n) is 1.89. The molecule has 0 spiro atoms. The zero-order valence-corrected chi connectivity index (χ0v) is 10.4. The maximum absolute atomic E-state index is 11.7. The molecule has 17 heavy (non-hydrogen) atoms. The van der Waals surface area contributed by atoms with Crippen LogP contribution in [0.5, 0.6) is 0 Å². The lowest BCUT2D eigenvalue weighted by molar-refractivity contribution is -0.140. The SMILES string of the molecule is C[C@H](Cc1cccs1)NC(=O)[C@H]1C[C@H]1C(=O)O. The molecule has 1 aliphatic carbocycles. The van der Waals surface area contributed by atoms with Crippen molar-refractivity contribution in [2.45, 2.75) is 25.8 Å². The van der Waals surface area contributed by atoms with Crippen LogP contribution in [-0.2, 0) is 16.0 Å². The highest BCUT2D eigenvalue weighted by atomic mass is 32.1. The maximum atomic E-state index is 11.7. The topological polar surface area (TPSA) is 66.4 Å². The third kappa shape index (κ3) is 3.06. The lowest BCUT2D eigenvalue weighted by atomic mass is 10.2. The summed E-state index contributed by atoms with van der Waals surface area (Å²) >= 11 is 1.66. The average molecular weight is 253 g/mol. The fourth-order valence-corrected chi connectivity index (χ4v) is 2.72. The van der Waals surface area contributed by atoms with Crippen molar-refractivity contribution >= 4 is 23.2 Å². The predicted octanol–water partition coefficient (Wildman–Crippen LogP) is 1.52. The molecule has 92 valence electrons. The number of carboxylic acids is 1. The van der Waals surface area contributed by atoms with E-state index >= 15 is 0 Å². The Bertz CT molecular complexity index is 415. The molecule has 0 radical (unpaired) electrons. The summed E-state index contributed by atoms with van der Waals surface area (Å²) < 4.78 is 0. The Labute approximate surface area is 104 Å². The number of rotatable bonds is 5. The van der Waals surface area contributed by atoms with E-state index in [1.54, 1.807) is 11.3 Å². The molecule has 1 saturated carbocycles. The van der Waals surface area contributed by atoms with Crippen molar-refractivity contribution in [3.05, 3.63) is 22.4 Å². The predicted molar refractivity (Wildman–Crippen MR) is 64.9 cm³/mol. The van der Waals surface area contributed by atoms with Gasteiger partial charge in [0, 0.05) is 17.3 Å². The molecule has 5 heteroatoms. The van der Waals surface area contributed by atoms with Crippen LogP contribution in [0.1, 0.15) is 18.2 Å². The molecule has 1 aromatic heterocycles. The molecule has 1 aliphatic rings. The van der Waals surface area contributed by atoms with Crippen molar-refractivity contribution in [2.24, 2.45) is 11.8 Å². The molecule has 1 amide bonds. The number of aliphatic carboxylic acids is 1. The zero-order chi connectivity index (χ0) is 12.4. The van der Waals surface area contributed by atoms with Crippen LogP contribution in [0.25, 0.3) is 0 Å². The molecule has 0 bridgehead atoms. The number of hydrogen-bond donors (Lipinski definition) is 2. The first-order valence-electron chi connectivity index (χ1n) is 5.63. The Morgan fingerprint density at radius 3 is 2.88 bits per heavy atom. The van der Waals surface area contributed by atoms with Crippen LogP contribution in [0.15, 0.2) is 17.5 Å². The van der Waals surface area contributed by atoms with Gasteiger partial charge in [0.2, 0.25) is 5.91 Å². The van der Waals surface area contributed by atoms with Gasteiger partial charge in [-0.15, -0.1) is 11.3 Å². The summed E-state index contributed by atoms with van der Waals surface area (Å²) in [7, 11) is 0. The van der Waals surface area contributed by atoms with Gasteiger partial charge in [-0.05, 0) is 24.8 Å². The van der Waals surface area contributed by atoms with E-state index in [0.29, 0.717) is 6.42 Å². The summed E-state index contributed by atoms with van der Waals surface area (Å²) in [6.45, 7) is 1.94. The van der Waals surface area contributed by atoms with Crippen LogP contribution >= 0.6 is 11.3 Å². The minimum Gasteiger partial charge on any atom is -0.481 e. The van der Waals surface area contributed by atoms with Gasteiger partial charge in [0.05, 0.1) is 11.8 Å². The summed E-state index contributed by atoms with van der Waals surface area (Å²) in [6.07, 6.45) is 1.28. The molecule has 2 N–H and O–H groups in total. The summed E-state index contributed by atoms with van der Waals surface area (Å²) in [5.41, 5.74) is 0. The van der Waals surface area contributed by atoms with Crippen LogP contribution in [0.4, 0.5) is 0 Å². The Morgan fingerprint density at radius 1 is 1.59 bits per heavy atom. The second kappa shape index (κ2) is 4.87. The maximum Gasteiger partial charge on any atom is 0.307 e. The highest BCUT2D eigenvalue weighted by Gasteiger charge is 2.48. The van der Waals surface area contributed by atoms with Gasteiger partial charge in [-0.1, -0.05) is 6.07 Å². The largest absolute Gasteiger partial charge is 0.481 e. The number of amides is 1. The number of carbonyl (C=O) groups excluding carboxylic acids is 1. The van der Waals surface area contributed by atoms with Gasteiger partial charge in [0.1, 0.15) is 0 Å². The van der Waals surface area contributed by atoms with Crippen molar-refractivity contribution in [3.63, 3.8) is 0 Å². The molecular formula is C12H15NO3S. The first-order chi connectivity index (χ1) is 8.08. The zero-order valence-electron chi connectivity index (χ0n) is 9.55. The molecule has 1 fully saturated rings. The van der Waals surface area contributed by atoms with E-state index in [2.05, 4.69) is 5.32 Å². The Morgan fingerprint density at radius 2 is 2.35 bits per heavy atom. The van der Waals surface area contributed by atoms with E-state index in [-0.39, 0.29) is 17.9 Å². The number of carbonyl (C=O) groups is 2. The number of nitrogens with one attached hydrogen (secondary N) is 1. The van der Waals surface area contributed by atoms with E-state index in [1.807, 2.05) is 24.4 Å². The van der Waals surface area contributed by atoms with Gasteiger partial charge in [-0.3, -0.25) is 9.59 Å². The van der Waals surface area contributed by atoms with E-state index in [0.717, 1.165) is 6.42 Å². The molecule has 4 nitrogen and oxygen atoms in total. The molecule has 0 aromatic carbocycles. The van der Waals surface area contributed by atoms with Gasteiger partial charge < -0.3 is 10.4 Å².